The number of hydrogen-bond acceptors (Lipinski definition) is 3. The SMILES string of the molecule is CC[C@@H](C(=O)NC1CCCC1)N(Cc1c(Cl)cccc1Cl)C(=O)COc1ccc(Cl)cc1. The van der Waals surface area contributed by atoms with Gasteiger partial charge in [-0.1, -0.05) is 60.6 Å². The Morgan fingerprint density at radius 3 is 2.28 bits per heavy atom. The van der Waals surface area contributed by atoms with Crippen LogP contribution in [0.15, 0.2) is 42.5 Å². The zero-order chi connectivity index (χ0) is 23.1. The molecule has 2 aromatic rings. The largest absolute Gasteiger partial charge is 0.484 e. The van der Waals surface area contributed by atoms with Gasteiger partial charge >= 0.3 is 0 Å². The molecule has 0 radical (unpaired) electrons. The van der Waals surface area contributed by atoms with Crippen molar-refractivity contribution in [3.8, 4) is 5.75 Å². The first-order chi connectivity index (χ1) is 15.4. The number of nitrogens with one attached hydrogen (secondary N) is 1. The van der Waals surface area contributed by atoms with Gasteiger partial charge in [0.25, 0.3) is 5.91 Å². The van der Waals surface area contributed by atoms with Crippen LogP contribution in [-0.2, 0) is 16.1 Å². The zero-order valence-electron chi connectivity index (χ0n) is 18.0. The van der Waals surface area contributed by atoms with Gasteiger partial charge in [-0.25, -0.2) is 0 Å². The highest BCUT2D eigenvalue weighted by atomic mass is 35.5. The van der Waals surface area contributed by atoms with Gasteiger partial charge in [-0.2, -0.15) is 0 Å². The second-order valence-electron chi connectivity index (χ2n) is 7.88. The molecule has 0 saturated heterocycles. The van der Waals surface area contributed by atoms with Crippen molar-refractivity contribution in [3.63, 3.8) is 0 Å². The van der Waals surface area contributed by atoms with Crippen LogP contribution in [0.5, 0.6) is 5.75 Å². The summed E-state index contributed by atoms with van der Waals surface area (Å²) in [4.78, 5) is 27.9. The number of halogens is 3. The van der Waals surface area contributed by atoms with Gasteiger partial charge in [0.1, 0.15) is 11.8 Å². The Morgan fingerprint density at radius 1 is 1.06 bits per heavy atom. The van der Waals surface area contributed by atoms with Gasteiger partial charge < -0.3 is 15.0 Å². The molecule has 1 atom stereocenters. The van der Waals surface area contributed by atoms with E-state index in [2.05, 4.69) is 5.32 Å². The lowest BCUT2D eigenvalue weighted by Gasteiger charge is -2.32. The van der Waals surface area contributed by atoms with E-state index in [1.807, 2.05) is 6.92 Å². The molecule has 1 aliphatic rings. The Balaban J connectivity index is 1.80. The average molecular weight is 498 g/mol. The maximum absolute atomic E-state index is 13.3. The Morgan fingerprint density at radius 2 is 1.69 bits per heavy atom. The first kappa shape index (κ1) is 24.7. The smallest absolute Gasteiger partial charge is 0.261 e. The molecule has 2 amide bonds. The minimum absolute atomic E-state index is 0.109. The van der Waals surface area contributed by atoms with Crippen molar-refractivity contribution in [2.24, 2.45) is 0 Å². The van der Waals surface area contributed by atoms with E-state index in [4.69, 9.17) is 39.5 Å². The molecule has 3 rings (SSSR count). The molecule has 0 unspecified atom stereocenters. The van der Waals surface area contributed by atoms with Crippen molar-refractivity contribution < 1.29 is 14.3 Å². The first-order valence-electron chi connectivity index (χ1n) is 10.8. The molecule has 2 aromatic carbocycles. The molecule has 0 aromatic heterocycles. The predicted octanol–water partition coefficient (Wildman–Crippen LogP) is 5.89. The van der Waals surface area contributed by atoms with E-state index in [0.29, 0.717) is 32.8 Å². The van der Waals surface area contributed by atoms with Crippen LogP contribution in [0.2, 0.25) is 15.1 Å². The van der Waals surface area contributed by atoms with Crippen molar-refractivity contribution in [2.45, 2.75) is 57.7 Å². The second kappa shape index (κ2) is 11.8. The molecule has 1 saturated carbocycles. The Labute approximate surface area is 204 Å². The predicted molar refractivity (Wildman–Crippen MR) is 128 cm³/mol. The fourth-order valence-corrected chi connectivity index (χ4v) is 4.54. The van der Waals surface area contributed by atoms with Gasteiger partial charge in [0, 0.05) is 33.2 Å². The summed E-state index contributed by atoms with van der Waals surface area (Å²) in [7, 11) is 0. The molecule has 1 N–H and O–H groups in total. The molecule has 0 heterocycles. The summed E-state index contributed by atoms with van der Waals surface area (Å²) in [5, 5.41) is 4.57. The normalized spacial score (nSPS) is 14.8. The Bertz CT molecular complexity index is 910. The summed E-state index contributed by atoms with van der Waals surface area (Å²) in [5.74, 6) is 0.0220. The fourth-order valence-electron chi connectivity index (χ4n) is 3.90. The molecular weight excluding hydrogens is 471 g/mol. The van der Waals surface area contributed by atoms with Gasteiger partial charge in [0.05, 0.1) is 0 Å². The standard InChI is InChI=1S/C24H27Cl3N2O3/c1-2-22(24(31)28-17-6-3-4-7-17)29(14-19-20(26)8-5-9-21(19)27)23(30)15-32-18-12-10-16(25)11-13-18/h5,8-13,17,22H,2-4,6-7,14-15H2,1H3,(H,28,31)/t22-/m0/s1. The first-order valence-corrected chi connectivity index (χ1v) is 11.9. The summed E-state index contributed by atoms with van der Waals surface area (Å²) in [6.07, 6.45) is 4.59. The molecule has 8 heteroatoms. The number of ether oxygens (including phenoxy) is 1. The monoisotopic (exact) mass is 496 g/mol. The number of benzene rings is 2. The quantitative estimate of drug-likeness (QED) is 0.470. The third-order valence-electron chi connectivity index (χ3n) is 5.65. The minimum atomic E-state index is -0.663. The topological polar surface area (TPSA) is 58.6 Å². The lowest BCUT2D eigenvalue weighted by atomic mass is 10.1. The average Bonchev–Trinajstić information content (AvgIpc) is 3.28. The van der Waals surface area contributed by atoms with Crippen molar-refractivity contribution in [1.82, 2.24) is 10.2 Å². The summed E-state index contributed by atoms with van der Waals surface area (Å²) in [5.41, 5.74) is 0.600. The van der Waals surface area contributed by atoms with Crippen LogP contribution in [0.4, 0.5) is 0 Å². The fraction of sp³-hybridized carbons (Fsp3) is 0.417. The van der Waals surface area contributed by atoms with E-state index in [0.717, 1.165) is 25.7 Å². The Kier molecular flexibility index (Phi) is 9.09. The molecule has 0 spiro atoms. The number of hydrogen-bond donors (Lipinski definition) is 1. The lowest BCUT2D eigenvalue weighted by molar-refractivity contribution is -0.143. The molecule has 5 nitrogen and oxygen atoms in total. The van der Waals surface area contributed by atoms with Gasteiger partial charge in [-0.3, -0.25) is 9.59 Å². The van der Waals surface area contributed by atoms with E-state index in [-0.39, 0.29) is 31.0 Å². The van der Waals surface area contributed by atoms with Crippen LogP contribution in [0.1, 0.15) is 44.6 Å². The summed E-state index contributed by atoms with van der Waals surface area (Å²) >= 11 is 18.6. The van der Waals surface area contributed by atoms with E-state index in [1.54, 1.807) is 42.5 Å². The van der Waals surface area contributed by atoms with Crippen molar-refractivity contribution in [1.29, 1.82) is 0 Å². The second-order valence-corrected chi connectivity index (χ2v) is 9.13. The number of carbonyl (C=O) groups excluding carboxylic acids is 2. The van der Waals surface area contributed by atoms with Crippen LogP contribution in [0, 0.1) is 0 Å². The van der Waals surface area contributed by atoms with Crippen molar-refractivity contribution >= 4 is 46.6 Å². The van der Waals surface area contributed by atoms with E-state index in [9.17, 15) is 9.59 Å². The molecular formula is C24H27Cl3N2O3. The molecule has 1 fully saturated rings. The van der Waals surface area contributed by atoms with Crippen LogP contribution >= 0.6 is 34.8 Å². The van der Waals surface area contributed by atoms with Gasteiger partial charge in [0.15, 0.2) is 6.61 Å². The van der Waals surface area contributed by atoms with Crippen molar-refractivity contribution in [2.75, 3.05) is 6.61 Å². The molecule has 172 valence electrons. The number of carbonyl (C=O) groups is 2. The number of amides is 2. The van der Waals surface area contributed by atoms with Gasteiger partial charge in [-0.15, -0.1) is 0 Å². The van der Waals surface area contributed by atoms with Gasteiger partial charge in [-0.05, 0) is 55.7 Å². The number of nitrogens with zero attached hydrogens (tertiary/aromatic N) is 1. The van der Waals surface area contributed by atoms with E-state index < -0.39 is 6.04 Å². The van der Waals surface area contributed by atoms with Crippen LogP contribution in [-0.4, -0.2) is 35.4 Å². The molecule has 32 heavy (non-hydrogen) atoms. The lowest BCUT2D eigenvalue weighted by Crippen LogP contribution is -2.52. The third-order valence-corrected chi connectivity index (χ3v) is 6.61. The van der Waals surface area contributed by atoms with Gasteiger partial charge in [0.2, 0.25) is 5.91 Å². The summed E-state index contributed by atoms with van der Waals surface area (Å²) < 4.78 is 5.66. The maximum atomic E-state index is 13.3. The number of rotatable bonds is 9. The third kappa shape index (κ3) is 6.53. The highest BCUT2D eigenvalue weighted by molar-refractivity contribution is 6.36. The van der Waals surface area contributed by atoms with E-state index in [1.165, 1.54) is 4.90 Å². The van der Waals surface area contributed by atoms with Crippen LogP contribution < -0.4 is 10.1 Å². The highest BCUT2D eigenvalue weighted by Crippen LogP contribution is 2.27. The van der Waals surface area contributed by atoms with Crippen LogP contribution in [0.3, 0.4) is 0 Å². The van der Waals surface area contributed by atoms with E-state index >= 15 is 0 Å². The summed E-state index contributed by atoms with van der Waals surface area (Å²) in [6, 6.07) is 11.4. The Hall–Kier alpha value is -1.95. The zero-order valence-corrected chi connectivity index (χ0v) is 20.2. The maximum Gasteiger partial charge on any atom is 0.261 e. The molecule has 0 bridgehead atoms. The summed E-state index contributed by atoms with van der Waals surface area (Å²) in [6.45, 7) is 1.77. The molecule has 0 aliphatic heterocycles. The molecule has 1 aliphatic carbocycles. The minimum Gasteiger partial charge on any atom is -0.484 e. The highest BCUT2D eigenvalue weighted by Gasteiger charge is 2.31. The van der Waals surface area contributed by atoms with Crippen molar-refractivity contribution in [3.05, 3.63) is 63.1 Å². The van der Waals surface area contributed by atoms with Crippen LogP contribution in [0.25, 0.3) is 0 Å².